The number of H-pyrrole nitrogens is 1. The number of carbonyl (C=O) groups is 1. The Kier molecular flexibility index (Phi) is 6.11. The number of thioether (sulfide) groups is 1. The van der Waals surface area contributed by atoms with E-state index in [0.717, 1.165) is 15.7 Å². The summed E-state index contributed by atoms with van der Waals surface area (Å²) in [6.07, 6.45) is 0. The zero-order valence-electron chi connectivity index (χ0n) is 14.5. The standard InChI is InChI=1S/C19H19BrN4OS/c1-12(2)13-6-5-7-14(10-13)21-17(25)11-26-19-22-18(23-24-19)15-8-3-4-9-16(15)20/h3-10,12H,11H2,1-2H3,(H,21,25)(H,22,23,24). The molecule has 0 aliphatic rings. The van der Waals surface area contributed by atoms with Gasteiger partial charge in [-0.25, -0.2) is 4.98 Å². The van der Waals surface area contributed by atoms with Crippen LogP contribution in [0.4, 0.5) is 5.69 Å². The second-order valence-electron chi connectivity index (χ2n) is 6.06. The number of nitrogens with zero attached hydrogens (tertiary/aromatic N) is 2. The van der Waals surface area contributed by atoms with Crippen molar-refractivity contribution in [1.29, 1.82) is 0 Å². The van der Waals surface area contributed by atoms with Crippen molar-refractivity contribution in [2.24, 2.45) is 0 Å². The molecule has 3 rings (SSSR count). The number of nitrogens with one attached hydrogen (secondary N) is 2. The lowest BCUT2D eigenvalue weighted by Gasteiger charge is -2.09. The predicted molar refractivity (Wildman–Crippen MR) is 109 cm³/mol. The zero-order chi connectivity index (χ0) is 18.5. The van der Waals surface area contributed by atoms with E-state index in [0.29, 0.717) is 16.9 Å². The molecule has 0 aliphatic carbocycles. The van der Waals surface area contributed by atoms with Crippen molar-refractivity contribution in [2.45, 2.75) is 24.9 Å². The Balaban J connectivity index is 1.59. The molecule has 26 heavy (non-hydrogen) atoms. The maximum Gasteiger partial charge on any atom is 0.234 e. The van der Waals surface area contributed by atoms with Gasteiger partial charge >= 0.3 is 0 Å². The first-order chi connectivity index (χ1) is 12.5. The van der Waals surface area contributed by atoms with E-state index in [1.54, 1.807) is 0 Å². The Morgan fingerprint density at radius 3 is 2.81 bits per heavy atom. The van der Waals surface area contributed by atoms with E-state index < -0.39 is 0 Å². The smallest absolute Gasteiger partial charge is 0.234 e. The minimum absolute atomic E-state index is 0.0804. The monoisotopic (exact) mass is 430 g/mol. The molecule has 5 nitrogen and oxygen atoms in total. The fraction of sp³-hybridized carbons (Fsp3) is 0.211. The highest BCUT2D eigenvalue weighted by Crippen LogP contribution is 2.26. The number of hydrogen-bond donors (Lipinski definition) is 2. The third-order valence-electron chi connectivity index (χ3n) is 3.76. The van der Waals surface area contributed by atoms with Crippen LogP contribution in [0.3, 0.4) is 0 Å². The maximum absolute atomic E-state index is 12.2. The summed E-state index contributed by atoms with van der Waals surface area (Å²) < 4.78 is 0.940. The second kappa shape index (κ2) is 8.51. The molecule has 0 unspecified atom stereocenters. The number of carbonyl (C=O) groups excluding carboxylic acids is 1. The number of hydrogen-bond acceptors (Lipinski definition) is 4. The molecular weight excluding hydrogens is 412 g/mol. The fourth-order valence-electron chi connectivity index (χ4n) is 2.39. The summed E-state index contributed by atoms with van der Waals surface area (Å²) in [5.74, 6) is 1.26. The van der Waals surface area contributed by atoms with Crippen LogP contribution in [0.25, 0.3) is 11.4 Å². The van der Waals surface area contributed by atoms with Gasteiger partial charge in [-0.15, -0.1) is 5.10 Å². The summed E-state index contributed by atoms with van der Waals surface area (Å²) in [4.78, 5) is 16.6. The van der Waals surface area contributed by atoms with E-state index in [1.165, 1.54) is 17.3 Å². The van der Waals surface area contributed by atoms with E-state index in [4.69, 9.17) is 0 Å². The largest absolute Gasteiger partial charge is 0.325 e. The van der Waals surface area contributed by atoms with E-state index in [2.05, 4.69) is 56.3 Å². The minimum Gasteiger partial charge on any atom is -0.325 e. The summed E-state index contributed by atoms with van der Waals surface area (Å²) in [6, 6.07) is 15.7. The minimum atomic E-state index is -0.0804. The molecule has 0 saturated heterocycles. The van der Waals surface area contributed by atoms with Gasteiger partial charge in [-0.1, -0.05) is 71.9 Å². The molecule has 1 amide bonds. The molecule has 0 radical (unpaired) electrons. The van der Waals surface area contributed by atoms with Crippen molar-refractivity contribution in [3.05, 3.63) is 58.6 Å². The average molecular weight is 431 g/mol. The molecule has 0 atom stereocenters. The van der Waals surface area contributed by atoms with Crippen LogP contribution in [0.1, 0.15) is 25.3 Å². The van der Waals surface area contributed by atoms with Gasteiger partial charge in [-0.05, 0) is 29.7 Å². The van der Waals surface area contributed by atoms with Crippen molar-refractivity contribution in [1.82, 2.24) is 15.2 Å². The van der Waals surface area contributed by atoms with Gasteiger partial charge in [0.25, 0.3) is 0 Å². The molecule has 1 heterocycles. The Bertz CT molecular complexity index is 910. The Morgan fingerprint density at radius 2 is 2.04 bits per heavy atom. The van der Waals surface area contributed by atoms with Gasteiger partial charge in [0.05, 0.1) is 5.75 Å². The predicted octanol–water partition coefficient (Wildman–Crippen LogP) is 5.09. The lowest BCUT2D eigenvalue weighted by Crippen LogP contribution is -2.14. The van der Waals surface area contributed by atoms with Gasteiger partial charge in [-0.3, -0.25) is 9.89 Å². The van der Waals surface area contributed by atoms with Crippen LogP contribution < -0.4 is 5.32 Å². The van der Waals surface area contributed by atoms with Crippen LogP contribution in [-0.2, 0) is 4.79 Å². The first-order valence-electron chi connectivity index (χ1n) is 8.23. The summed E-state index contributed by atoms with van der Waals surface area (Å²) in [5, 5.41) is 10.6. The zero-order valence-corrected chi connectivity index (χ0v) is 16.9. The molecule has 1 aromatic heterocycles. The van der Waals surface area contributed by atoms with Gasteiger partial charge in [-0.2, -0.15) is 0 Å². The third kappa shape index (κ3) is 4.74. The molecule has 7 heteroatoms. The first-order valence-corrected chi connectivity index (χ1v) is 10.0. The number of aromatic amines is 1. The average Bonchev–Trinajstić information content (AvgIpc) is 3.09. The van der Waals surface area contributed by atoms with Gasteiger partial charge in [0.15, 0.2) is 5.82 Å². The lowest BCUT2D eigenvalue weighted by atomic mass is 10.0. The van der Waals surface area contributed by atoms with Crippen molar-refractivity contribution >= 4 is 39.3 Å². The molecule has 2 aromatic carbocycles. The summed E-state index contributed by atoms with van der Waals surface area (Å²) in [6.45, 7) is 4.26. The van der Waals surface area contributed by atoms with Gasteiger partial charge in [0, 0.05) is 15.7 Å². The van der Waals surface area contributed by atoms with E-state index >= 15 is 0 Å². The number of aromatic nitrogens is 3. The van der Waals surface area contributed by atoms with Gasteiger partial charge in [0.2, 0.25) is 11.1 Å². The van der Waals surface area contributed by atoms with Crippen LogP contribution in [0.5, 0.6) is 0 Å². The van der Waals surface area contributed by atoms with Crippen LogP contribution in [0.2, 0.25) is 0 Å². The highest BCUT2D eigenvalue weighted by molar-refractivity contribution is 9.10. The highest BCUT2D eigenvalue weighted by Gasteiger charge is 2.11. The van der Waals surface area contributed by atoms with E-state index in [9.17, 15) is 4.79 Å². The SMILES string of the molecule is CC(C)c1cccc(NC(=O)CSc2n[nH]c(-c3ccccc3Br)n2)c1. The Morgan fingerprint density at radius 1 is 1.23 bits per heavy atom. The van der Waals surface area contributed by atoms with Crippen molar-refractivity contribution in [2.75, 3.05) is 11.1 Å². The number of benzene rings is 2. The molecule has 134 valence electrons. The van der Waals surface area contributed by atoms with Crippen LogP contribution in [-0.4, -0.2) is 26.8 Å². The molecule has 0 saturated carbocycles. The van der Waals surface area contributed by atoms with Crippen LogP contribution in [0.15, 0.2) is 58.2 Å². The second-order valence-corrected chi connectivity index (χ2v) is 7.86. The normalized spacial score (nSPS) is 10.9. The lowest BCUT2D eigenvalue weighted by molar-refractivity contribution is -0.113. The first kappa shape index (κ1) is 18.7. The van der Waals surface area contributed by atoms with Crippen molar-refractivity contribution < 1.29 is 4.79 Å². The molecule has 0 bridgehead atoms. The van der Waals surface area contributed by atoms with Crippen molar-refractivity contribution in [3.63, 3.8) is 0 Å². The van der Waals surface area contributed by atoms with E-state index in [-0.39, 0.29) is 11.7 Å². The van der Waals surface area contributed by atoms with Gasteiger partial charge < -0.3 is 5.32 Å². The number of halogens is 1. The molecule has 0 spiro atoms. The quantitative estimate of drug-likeness (QED) is 0.534. The van der Waals surface area contributed by atoms with Crippen molar-refractivity contribution in [3.8, 4) is 11.4 Å². The van der Waals surface area contributed by atoms with E-state index in [1.807, 2.05) is 42.5 Å². The van der Waals surface area contributed by atoms with Gasteiger partial charge in [0.1, 0.15) is 0 Å². The highest BCUT2D eigenvalue weighted by atomic mass is 79.9. The van der Waals surface area contributed by atoms with Crippen LogP contribution in [0, 0.1) is 0 Å². The molecule has 3 aromatic rings. The number of amides is 1. The summed E-state index contributed by atoms with van der Waals surface area (Å²) >= 11 is 4.80. The topological polar surface area (TPSA) is 70.7 Å². The van der Waals surface area contributed by atoms with Crippen LogP contribution >= 0.6 is 27.7 Å². The molecule has 0 fully saturated rings. The third-order valence-corrected chi connectivity index (χ3v) is 5.30. The fourth-order valence-corrected chi connectivity index (χ4v) is 3.46. The summed E-state index contributed by atoms with van der Waals surface area (Å²) in [7, 11) is 0. The number of rotatable bonds is 6. The molecule has 0 aliphatic heterocycles. The Hall–Kier alpha value is -2.12. The molecular formula is C19H19BrN4OS. The summed E-state index contributed by atoms with van der Waals surface area (Å²) in [5.41, 5.74) is 2.94. The Labute approximate surface area is 165 Å². The molecule has 2 N–H and O–H groups in total. The maximum atomic E-state index is 12.2. The number of anilines is 1.